The summed E-state index contributed by atoms with van der Waals surface area (Å²) in [6.07, 6.45) is 4.81. The first-order chi connectivity index (χ1) is 16.1. The van der Waals surface area contributed by atoms with Crippen LogP contribution in [0.4, 0.5) is 0 Å². The molecule has 0 aliphatic heterocycles. The Hall–Kier alpha value is -3.60. The average molecular weight is 440 g/mol. The van der Waals surface area contributed by atoms with E-state index in [-0.39, 0.29) is 5.91 Å². The minimum atomic E-state index is -0.00576. The smallest absolute Gasteiger partial charge is 0.253 e. The molecule has 0 atom stereocenters. The first-order valence-corrected chi connectivity index (χ1v) is 11.6. The lowest BCUT2D eigenvalue weighted by atomic mass is 10.1. The molecule has 0 N–H and O–H groups in total. The summed E-state index contributed by atoms with van der Waals surface area (Å²) in [5, 5.41) is 0. The monoisotopic (exact) mass is 439 g/mol. The molecule has 5 heteroatoms. The van der Waals surface area contributed by atoms with E-state index in [0.29, 0.717) is 18.2 Å². The Kier molecular flexibility index (Phi) is 5.86. The summed E-state index contributed by atoms with van der Waals surface area (Å²) < 4.78 is 8.35. The van der Waals surface area contributed by atoms with E-state index in [4.69, 9.17) is 9.72 Å². The van der Waals surface area contributed by atoms with Gasteiger partial charge in [-0.1, -0.05) is 43.2 Å². The number of imidazole rings is 1. The number of carbonyl (C=O) groups is 1. The number of rotatable bonds is 6. The molecular weight excluding hydrogens is 410 g/mol. The van der Waals surface area contributed by atoms with Gasteiger partial charge >= 0.3 is 0 Å². The number of fused-ring (bicyclic) bond motifs is 1. The Morgan fingerprint density at radius 3 is 2.42 bits per heavy atom. The van der Waals surface area contributed by atoms with Crippen molar-refractivity contribution < 1.29 is 9.53 Å². The quantitative estimate of drug-likeness (QED) is 0.365. The summed E-state index contributed by atoms with van der Waals surface area (Å²) in [4.78, 5) is 19.1. The Labute approximate surface area is 194 Å². The van der Waals surface area contributed by atoms with Gasteiger partial charge in [0, 0.05) is 31.3 Å². The predicted octanol–water partition coefficient (Wildman–Crippen LogP) is 6.10. The second-order valence-electron chi connectivity index (χ2n) is 8.95. The van der Waals surface area contributed by atoms with Crippen LogP contribution in [0.25, 0.3) is 22.4 Å². The zero-order valence-corrected chi connectivity index (χ0v) is 19.2. The fraction of sp³-hybridized carbons (Fsp3) is 0.286. The van der Waals surface area contributed by atoms with Gasteiger partial charge in [0.15, 0.2) is 0 Å². The molecule has 1 aliphatic rings. The van der Waals surface area contributed by atoms with E-state index in [1.165, 1.54) is 12.8 Å². The van der Waals surface area contributed by atoms with Gasteiger partial charge in [-0.3, -0.25) is 4.79 Å². The molecule has 168 valence electrons. The fourth-order valence-corrected chi connectivity index (χ4v) is 4.67. The molecule has 1 aliphatic carbocycles. The van der Waals surface area contributed by atoms with E-state index >= 15 is 0 Å². The normalized spacial score (nSPS) is 14.0. The molecule has 1 aromatic heterocycles. The van der Waals surface area contributed by atoms with Crippen molar-refractivity contribution in [3.8, 4) is 17.1 Å². The van der Waals surface area contributed by atoms with Crippen molar-refractivity contribution in [2.24, 2.45) is 0 Å². The van der Waals surface area contributed by atoms with Crippen LogP contribution in [0.3, 0.4) is 0 Å². The van der Waals surface area contributed by atoms with Crippen molar-refractivity contribution in [2.75, 3.05) is 14.1 Å². The van der Waals surface area contributed by atoms with Crippen LogP contribution in [0, 0.1) is 0 Å². The van der Waals surface area contributed by atoms with Crippen molar-refractivity contribution in [3.63, 3.8) is 0 Å². The third kappa shape index (κ3) is 4.36. The van der Waals surface area contributed by atoms with Crippen molar-refractivity contribution >= 4 is 16.9 Å². The number of hydrogen-bond acceptors (Lipinski definition) is 3. The Bertz CT molecular complexity index is 1250. The van der Waals surface area contributed by atoms with Gasteiger partial charge in [0.25, 0.3) is 5.91 Å². The van der Waals surface area contributed by atoms with Gasteiger partial charge < -0.3 is 14.2 Å². The fourth-order valence-electron chi connectivity index (χ4n) is 4.67. The molecule has 33 heavy (non-hydrogen) atoms. The highest BCUT2D eigenvalue weighted by atomic mass is 16.5. The predicted molar refractivity (Wildman–Crippen MR) is 131 cm³/mol. The molecule has 3 aromatic carbocycles. The van der Waals surface area contributed by atoms with E-state index in [0.717, 1.165) is 46.6 Å². The van der Waals surface area contributed by atoms with Crippen LogP contribution in [-0.4, -0.2) is 34.5 Å². The minimum absolute atomic E-state index is 0.00576. The maximum absolute atomic E-state index is 12.5. The van der Waals surface area contributed by atoms with Crippen molar-refractivity contribution in [3.05, 3.63) is 83.9 Å². The van der Waals surface area contributed by atoms with Crippen molar-refractivity contribution in [2.45, 2.75) is 38.3 Å². The van der Waals surface area contributed by atoms with Crippen LogP contribution >= 0.6 is 0 Å². The number of hydrogen-bond donors (Lipinski definition) is 0. The molecule has 5 rings (SSSR count). The number of aromatic nitrogens is 2. The van der Waals surface area contributed by atoms with Crippen LogP contribution in [0.1, 0.15) is 47.6 Å². The minimum Gasteiger partial charge on any atom is -0.489 e. The second-order valence-corrected chi connectivity index (χ2v) is 8.95. The van der Waals surface area contributed by atoms with Crippen molar-refractivity contribution in [1.29, 1.82) is 0 Å². The van der Waals surface area contributed by atoms with Gasteiger partial charge in [-0.05, 0) is 60.9 Å². The lowest BCUT2D eigenvalue weighted by Gasteiger charge is -2.17. The van der Waals surface area contributed by atoms with Gasteiger partial charge in [-0.15, -0.1) is 0 Å². The van der Waals surface area contributed by atoms with E-state index in [1.54, 1.807) is 19.0 Å². The average Bonchev–Trinajstić information content (AvgIpc) is 3.50. The van der Waals surface area contributed by atoms with Gasteiger partial charge in [0.2, 0.25) is 0 Å². The van der Waals surface area contributed by atoms with Crippen LogP contribution in [-0.2, 0) is 6.61 Å². The molecule has 1 fully saturated rings. The molecule has 1 saturated carbocycles. The van der Waals surface area contributed by atoms with E-state index in [9.17, 15) is 4.79 Å². The third-order valence-electron chi connectivity index (χ3n) is 6.39. The summed E-state index contributed by atoms with van der Waals surface area (Å²) in [5.74, 6) is 1.79. The van der Waals surface area contributed by atoms with Crippen LogP contribution in [0.5, 0.6) is 5.75 Å². The summed E-state index contributed by atoms with van der Waals surface area (Å²) in [6.45, 7) is 0.545. The lowest BCUT2D eigenvalue weighted by molar-refractivity contribution is 0.0827. The Morgan fingerprint density at radius 1 is 1.00 bits per heavy atom. The molecule has 5 nitrogen and oxygen atoms in total. The van der Waals surface area contributed by atoms with Crippen LogP contribution in [0.2, 0.25) is 0 Å². The summed E-state index contributed by atoms with van der Waals surface area (Å²) in [6, 6.07) is 24.7. The number of carbonyl (C=O) groups excluding carboxylic acids is 1. The van der Waals surface area contributed by atoms with Gasteiger partial charge in [-0.25, -0.2) is 4.98 Å². The highest BCUT2D eigenvalue weighted by Crippen LogP contribution is 2.37. The number of nitrogens with zero attached hydrogens (tertiary/aromatic N) is 3. The molecular formula is C28H29N3O2. The number of benzene rings is 3. The van der Waals surface area contributed by atoms with Gasteiger partial charge in [0.1, 0.15) is 18.2 Å². The lowest BCUT2D eigenvalue weighted by Crippen LogP contribution is -2.21. The zero-order valence-electron chi connectivity index (χ0n) is 19.2. The maximum Gasteiger partial charge on any atom is 0.253 e. The zero-order chi connectivity index (χ0) is 22.8. The molecule has 1 heterocycles. The summed E-state index contributed by atoms with van der Waals surface area (Å²) >= 11 is 0. The van der Waals surface area contributed by atoms with Gasteiger partial charge in [-0.2, -0.15) is 0 Å². The first-order valence-electron chi connectivity index (χ1n) is 11.6. The van der Waals surface area contributed by atoms with E-state index in [1.807, 2.05) is 42.5 Å². The first kappa shape index (κ1) is 21.3. The third-order valence-corrected chi connectivity index (χ3v) is 6.39. The summed E-state index contributed by atoms with van der Waals surface area (Å²) in [5.41, 5.74) is 4.84. The molecule has 1 amide bonds. The molecule has 0 unspecified atom stereocenters. The number of ether oxygens (including phenoxy) is 1. The van der Waals surface area contributed by atoms with Gasteiger partial charge in [0.05, 0.1) is 11.0 Å². The van der Waals surface area contributed by atoms with Crippen LogP contribution in [0.15, 0.2) is 72.8 Å². The Balaban J connectivity index is 1.48. The van der Waals surface area contributed by atoms with Crippen LogP contribution < -0.4 is 4.74 Å². The highest BCUT2D eigenvalue weighted by molar-refractivity contribution is 5.97. The molecule has 0 saturated heterocycles. The molecule has 0 bridgehead atoms. The second kappa shape index (κ2) is 9.10. The maximum atomic E-state index is 12.5. The number of amides is 1. The molecule has 0 radical (unpaired) electrons. The van der Waals surface area contributed by atoms with E-state index in [2.05, 4.69) is 34.9 Å². The Morgan fingerprint density at radius 2 is 1.73 bits per heavy atom. The van der Waals surface area contributed by atoms with E-state index < -0.39 is 0 Å². The standard InChI is InChI=1S/C28H29N3O2/c1-30(2)28(32)22-14-17-26-25(18-22)29-27(31(26)23-10-6-7-11-23)21-12-15-24(16-13-21)33-19-20-8-4-3-5-9-20/h3-5,8-9,12-18,23H,6-7,10-11,19H2,1-2H3. The highest BCUT2D eigenvalue weighted by Gasteiger charge is 2.24. The molecule has 0 spiro atoms. The SMILES string of the molecule is CN(C)C(=O)c1ccc2c(c1)nc(-c1ccc(OCc3ccccc3)cc1)n2C1CCCC1. The molecule has 4 aromatic rings. The largest absolute Gasteiger partial charge is 0.489 e. The topological polar surface area (TPSA) is 47.4 Å². The van der Waals surface area contributed by atoms with Crippen molar-refractivity contribution in [1.82, 2.24) is 14.5 Å². The summed E-state index contributed by atoms with van der Waals surface area (Å²) in [7, 11) is 3.55.